The van der Waals surface area contributed by atoms with Crippen LogP contribution in [0.2, 0.25) is 0 Å². The number of thioether (sulfide) groups is 1. The van der Waals surface area contributed by atoms with Crippen LogP contribution in [0, 0.1) is 0 Å². The predicted molar refractivity (Wildman–Crippen MR) is 111 cm³/mol. The topological polar surface area (TPSA) is 106 Å². The van der Waals surface area contributed by atoms with E-state index in [1.807, 2.05) is 35.0 Å². The molecule has 1 aliphatic carbocycles. The molecule has 29 heavy (non-hydrogen) atoms. The van der Waals surface area contributed by atoms with E-state index in [-0.39, 0.29) is 6.04 Å². The van der Waals surface area contributed by atoms with Crippen molar-refractivity contribution >= 4 is 33.1 Å². The highest BCUT2D eigenvalue weighted by Crippen LogP contribution is 2.36. The third-order valence-corrected chi connectivity index (χ3v) is 7.11. The molecule has 4 rings (SSSR count). The summed E-state index contributed by atoms with van der Waals surface area (Å²) in [7, 11) is -2.58. The summed E-state index contributed by atoms with van der Waals surface area (Å²) in [6, 6.07) is 12.0. The molecule has 0 radical (unpaired) electrons. The van der Waals surface area contributed by atoms with Crippen LogP contribution in [0.1, 0.15) is 24.4 Å². The molecule has 0 unspecified atom stereocenters. The predicted octanol–water partition coefficient (Wildman–Crippen LogP) is 2.27. The minimum atomic E-state index is -3.86. The van der Waals surface area contributed by atoms with Gasteiger partial charge in [0.1, 0.15) is 23.1 Å². The molecule has 0 amide bonds. The standard InChI is InChI=1S/C19H22N4O4S2/c1-20-29(25,26)27-17-10-14(9-16(17)24)23-8-7-15-18(23)21-12-22-19(15)28-11-13-5-3-2-4-6-13/h2-8,12,14,16-17,20,24H,9-11H2,1H3/t14-,16+,17+/m1/s1. The van der Waals surface area contributed by atoms with Gasteiger partial charge in [-0.1, -0.05) is 30.3 Å². The quantitative estimate of drug-likeness (QED) is 0.434. The van der Waals surface area contributed by atoms with Crippen LogP contribution in [-0.4, -0.2) is 47.3 Å². The van der Waals surface area contributed by atoms with Crippen LogP contribution in [0.5, 0.6) is 0 Å². The molecule has 0 aliphatic heterocycles. The average molecular weight is 435 g/mol. The van der Waals surface area contributed by atoms with Gasteiger partial charge in [-0.05, 0) is 24.5 Å². The molecule has 1 fully saturated rings. The van der Waals surface area contributed by atoms with Crippen LogP contribution in [0.3, 0.4) is 0 Å². The Kier molecular flexibility index (Phi) is 5.88. The van der Waals surface area contributed by atoms with E-state index in [1.165, 1.54) is 18.9 Å². The lowest BCUT2D eigenvalue weighted by Gasteiger charge is -2.15. The second kappa shape index (κ2) is 8.41. The lowest BCUT2D eigenvalue weighted by atomic mass is 10.2. The van der Waals surface area contributed by atoms with Crippen molar-refractivity contribution in [3.05, 3.63) is 54.5 Å². The number of benzene rings is 1. The van der Waals surface area contributed by atoms with Crippen LogP contribution in [0.15, 0.2) is 53.9 Å². The number of aliphatic hydroxyl groups is 1. The Morgan fingerprint density at radius 1 is 1.24 bits per heavy atom. The van der Waals surface area contributed by atoms with Gasteiger partial charge in [0.15, 0.2) is 0 Å². The van der Waals surface area contributed by atoms with E-state index in [4.69, 9.17) is 4.18 Å². The van der Waals surface area contributed by atoms with Gasteiger partial charge in [-0.15, -0.1) is 11.8 Å². The molecule has 3 aromatic rings. The largest absolute Gasteiger partial charge is 0.390 e. The van der Waals surface area contributed by atoms with Crippen molar-refractivity contribution in [2.24, 2.45) is 0 Å². The average Bonchev–Trinajstić information content (AvgIpc) is 3.31. The van der Waals surface area contributed by atoms with Crippen LogP contribution in [0.25, 0.3) is 11.0 Å². The molecule has 0 bridgehead atoms. The number of fused-ring (bicyclic) bond motifs is 1. The minimum Gasteiger partial charge on any atom is -0.390 e. The first kappa shape index (κ1) is 20.3. The zero-order valence-electron chi connectivity index (χ0n) is 15.8. The summed E-state index contributed by atoms with van der Waals surface area (Å²) in [5.41, 5.74) is 1.98. The van der Waals surface area contributed by atoms with Crippen LogP contribution >= 0.6 is 11.8 Å². The van der Waals surface area contributed by atoms with Gasteiger partial charge in [0.05, 0.1) is 11.5 Å². The molecular weight excluding hydrogens is 412 g/mol. The molecule has 8 nitrogen and oxygen atoms in total. The van der Waals surface area contributed by atoms with Crippen LogP contribution in [0.4, 0.5) is 0 Å². The maximum Gasteiger partial charge on any atom is 0.335 e. The van der Waals surface area contributed by atoms with E-state index < -0.39 is 22.5 Å². The van der Waals surface area contributed by atoms with E-state index in [2.05, 4.69) is 26.8 Å². The third-order valence-electron chi connectivity index (χ3n) is 5.03. The van der Waals surface area contributed by atoms with Crippen molar-refractivity contribution in [1.82, 2.24) is 19.3 Å². The molecule has 10 heteroatoms. The fourth-order valence-corrected chi connectivity index (χ4v) is 5.14. The first-order valence-electron chi connectivity index (χ1n) is 9.25. The molecular formula is C19H22N4O4S2. The van der Waals surface area contributed by atoms with E-state index >= 15 is 0 Å². The Morgan fingerprint density at radius 3 is 2.79 bits per heavy atom. The monoisotopic (exact) mass is 434 g/mol. The van der Waals surface area contributed by atoms with E-state index in [9.17, 15) is 13.5 Å². The lowest BCUT2D eigenvalue weighted by Crippen LogP contribution is -2.31. The SMILES string of the molecule is CNS(=O)(=O)O[C@H]1C[C@H](n2ccc3c(SCc4ccccc4)ncnc32)C[C@@H]1O. The Morgan fingerprint density at radius 2 is 2.03 bits per heavy atom. The third kappa shape index (κ3) is 4.46. The van der Waals surface area contributed by atoms with Gasteiger partial charge < -0.3 is 9.67 Å². The Bertz CT molecular complexity index is 1090. The van der Waals surface area contributed by atoms with Gasteiger partial charge in [-0.25, -0.2) is 9.97 Å². The summed E-state index contributed by atoms with van der Waals surface area (Å²) >= 11 is 1.64. The molecule has 1 aromatic carbocycles. The number of aliphatic hydroxyl groups excluding tert-OH is 1. The summed E-state index contributed by atoms with van der Waals surface area (Å²) < 4.78 is 32.5. The number of nitrogens with one attached hydrogen (secondary N) is 1. The molecule has 1 aliphatic rings. The van der Waals surface area contributed by atoms with Crippen molar-refractivity contribution in [2.45, 2.75) is 41.9 Å². The molecule has 0 saturated heterocycles. The van der Waals surface area contributed by atoms with Gasteiger partial charge in [0.25, 0.3) is 0 Å². The number of hydrogen-bond donors (Lipinski definition) is 2. The second-order valence-electron chi connectivity index (χ2n) is 6.90. The first-order chi connectivity index (χ1) is 14.0. The highest BCUT2D eigenvalue weighted by molar-refractivity contribution is 7.98. The van der Waals surface area contributed by atoms with E-state index in [1.54, 1.807) is 11.8 Å². The van der Waals surface area contributed by atoms with Crippen molar-refractivity contribution in [2.75, 3.05) is 7.05 Å². The van der Waals surface area contributed by atoms with Crippen molar-refractivity contribution < 1.29 is 17.7 Å². The van der Waals surface area contributed by atoms with E-state index in [0.717, 1.165) is 21.8 Å². The summed E-state index contributed by atoms with van der Waals surface area (Å²) in [5, 5.41) is 12.1. The lowest BCUT2D eigenvalue weighted by molar-refractivity contribution is 0.0635. The Labute approximate surface area is 173 Å². The Balaban J connectivity index is 1.53. The molecule has 1 saturated carbocycles. The van der Waals surface area contributed by atoms with Crippen LogP contribution in [-0.2, 0) is 20.2 Å². The maximum atomic E-state index is 11.7. The summed E-state index contributed by atoms with van der Waals surface area (Å²) in [6.45, 7) is 0. The maximum absolute atomic E-state index is 11.7. The number of nitrogens with zero attached hydrogens (tertiary/aromatic N) is 3. The van der Waals surface area contributed by atoms with Gasteiger partial charge in [0.2, 0.25) is 0 Å². The van der Waals surface area contributed by atoms with Gasteiger partial charge in [-0.2, -0.15) is 13.1 Å². The molecule has 2 aromatic heterocycles. The second-order valence-corrected chi connectivity index (χ2v) is 9.37. The van der Waals surface area contributed by atoms with Crippen molar-refractivity contribution in [3.63, 3.8) is 0 Å². The summed E-state index contributed by atoms with van der Waals surface area (Å²) in [6.07, 6.45) is 2.57. The fraction of sp³-hybridized carbons (Fsp3) is 0.368. The van der Waals surface area contributed by atoms with Crippen molar-refractivity contribution in [3.8, 4) is 0 Å². The minimum absolute atomic E-state index is 0.110. The van der Waals surface area contributed by atoms with Gasteiger partial charge >= 0.3 is 10.3 Å². The zero-order valence-corrected chi connectivity index (χ0v) is 17.4. The molecule has 2 heterocycles. The fourth-order valence-electron chi connectivity index (χ4n) is 3.58. The molecule has 0 spiro atoms. The number of hydrogen-bond acceptors (Lipinski definition) is 7. The highest BCUT2D eigenvalue weighted by atomic mass is 32.2. The van der Waals surface area contributed by atoms with Gasteiger partial charge in [0, 0.05) is 25.0 Å². The summed E-state index contributed by atoms with van der Waals surface area (Å²) in [4.78, 5) is 8.86. The van der Waals surface area contributed by atoms with Crippen molar-refractivity contribution in [1.29, 1.82) is 0 Å². The number of rotatable bonds is 7. The van der Waals surface area contributed by atoms with E-state index in [0.29, 0.717) is 12.8 Å². The molecule has 154 valence electrons. The normalized spacial score (nSPS) is 22.3. The Hall–Kier alpha value is -1.98. The first-order valence-corrected chi connectivity index (χ1v) is 11.6. The molecule has 2 N–H and O–H groups in total. The van der Waals surface area contributed by atoms with Gasteiger partial charge in [-0.3, -0.25) is 4.18 Å². The number of aromatic nitrogens is 3. The highest BCUT2D eigenvalue weighted by Gasteiger charge is 2.38. The molecule has 3 atom stereocenters. The van der Waals surface area contributed by atoms with Crippen LogP contribution < -0.4 is 4.72 Å². The smallest absolute Gasteiger partial charge is 0.335 e. The zero-order chi connectivity index (χ0) is 20.4. The summed E-state index contributed by atoms with van der Waals surface area (Å²) in [5.74, 6) is 0.804.